The van der Waals surface area contributed by atoms with Crippen LogP contribution in [-0.2, 0) is 20.9 Å². The van der Waals surface area contributed by atoms with Crippen molar-refractivity contribution >= 4 is 23.5 Å². The van der Waals surface area contributed by atoms with Gasteiger partial charge in [-0.3, -0.25) is 14.5 Å². The zero-order valence-electron chi connectivity index (χ0n) is 17.8. The van der Waals surface area contributed by atoms with Crippen molar-refractivity contribution in [1.29, 1.82) is 0 Å². The maximum atomic E-state index is 12.5. The number of nitrogens with one attached hydrogen (secondary N) is 1. The van der Waals surface area contributed by atoms with Crippen molar-refractivity contribution in [3.05, 3.63) is 53.6 Å². The van der Waals surface area contributed by atoms with Crippen LogP contribution in [-0.4, -0.2) is 67.2 Å². The van der Waals surface area contributed by atoms with Crippen LogP contribution in [0.1, 0.15) is 22.8 Å². The molecule has 0 aromatic heterocycles. The average Bonchev–Trinajstić information content (AvgIpc) is 3.28. The van der Waals surface area contributed by atoms with E-state index in [2.05, 4.69) is 10.2 Å². The number of carbonyl (C=O) groups is 3. The van der Waals surface area contributed by atoms with E-state index in [1.54, 1.807) is 36.1 Å². The van der Waals surface area contributed by atoms with E-state index in [1.165, 1.54) is 0 Å². The molecule has 2 heterocycles. The minimum absolute atomic E-state index is 0.247. The van der Waals surface area contributed by atoms with Gasteiger partial charge < -0.3 is 24.4 Å². The van der Waals surface area contributed by atoms with Crippen LogP contribution in [0, 0.1) is 0 Å². The second kappa shape index (κ2) is 9.69. The fourth-order valence-corrected chi connectivity index (χ4v) is 3.64. The van der Waals surface area contributed by atoms with E-state index < -0.39 is 17.8 Å². The summed E-state index contributed by atoms with van der Waals surface area (Å²) < 4.78 is 15.7. The van der Waals surface area contributed by atoms with E-state index in [0.29, 0.717) is 37.4 Å². The van der Waals surface area contributed by atoms with Gasteiger partial charge in [-0.25, -0.2) is 4.79 Å². The van der Waals surface area contributed by atoms with Crippen molar-refractivity contribution in [3.8, 4) is 11.5 Å². The highest BCUT2D eigenvalue weighted by Gasteiger charge is 2.26. The summed E-state index contributed by atoms with van der Waals surface area (Å²) in [7, 11) is 0. The van der Waals surface area contributed by atoms with Crippen molar-refractivity contribution in [1.82, 2.24) is 9.80 Å². The molecule has 1 fully saturated rings. The monoisotopic (exact) mass is 439 g/mol. The third-order valence-electron chi connectivity index (χ3n) is 5.35. The first kappa shape index (κ1) is 21.6. The normalized spacial score (nSPS) is 15.3. The van der Waals surface area contributed by atoms with Gasteiger partial charge in [-0.15, -0.1) is 0 Å². The van der Waals surface area contributed by atoms with Crippen LogP contribution in [0.5, 0.6) is 11.5 Å². The number of piperazine rings is 1. The molecule has 9 heteroatoms. The molecular formula is C23H25N3O6. The molecule has 1 N–H and O–H groups in total. The molecule has 0 radical (unpaired) electrons. The van der Waals surface area contributed by atoms with E-state index in [4.69, 9.17) is 14.2 Å². The van der Waals surface area contributed by atoms with E-state index >= 15 is 0 Å². The Balaban J connectivity index is 1.25. The average molecular weight is 439 g/mol. The van der Waals surface area contributed by atoms with Crippen molar-refractivity contribution in [3.63, 3.8) is 0 Å². The molecular weight excluding hydrogens is 414 g/mol. The number of rotatable bonds is 5. The summed E-state index contributed by atoms with van der Waals surface area (Å²) in [6.45, 7) is 5.28. The maximum absolute atomic E-state index is 12.5. The summed E-state index contributed by atoms with van der Waals surface area (Å²) in [6, 6.07) is 12.1. The van der Waals surface area contributed by atoms with E-state index in [9.17, 15) is 14.4 Å². The van der Waals surface area contributed by atoms with Crippen LogP contribution in [0.3, 0.4) is 0 Å². The Hall–Kier alpha value is -3.59. The molecule has 2 aliphatic heterocycles. The zero-order chi connectivity index (χ0) is 22.5. The quantitative estimate of drug-likeness (QED) is 0.561. The van der Waals surface area contributed by atoms with Crippen LogP contribution >= 0.6 is 0 Å². The Morgan fingerprint density at radius 3 is 2.41 bits per heavy atom. The Labute approximate surface area is 185 Å². The van der Waals surface area contributed by atoms with E-state index in [-0.39, 0.29) is 13.4 Å². The molecule has 9 nitrogen and oxygen atoms in total. The lowest BCUT2D eigenvalue weighted by Crippen LogP contribution is -2.51. The summed E-state index contributed by atoms with van der Waals surface area (Å²) in [5.74, 6) is -0.186. The highest BCUT2D eigenvalue weighted by atomic mass is 16.7. The molecule has 32 heavy (non-hydrogen) atoms. The highest BCUT2D eigenvalue weighted by molar-refractivity contribution is 6.39. The summed E-state index contributed by atoms with van der Waals surface area (Å²) >= 11 is 0. The smallest absolute Gasteiger partial charge is 0.338 e. The Morgan fingerprint density at radius 1 is 0.969 bits per heavy atom. The van der Waals surface area contributed by atoms with Gasteiger partial charge in [0.2, 0.25) is 6.79 Å². The molecule has 0 saturated carbocycles. The molecule has 168 valence electrons. The minimum atomic E-state index is -0.696. The molecule has 1 saturated heterocycles. The number of esters is 1. The fourth-order valence-electron chi connectivity index (χ4n) is 3.64. The number of fused-ring (bicyclic) bond motifs is 1. The van der Waals surface area contributed by atoms with Crippen molar-refractivity contribution < 1.29 is 28.6 Å². The minimum Gasteiger partial charge on any atom is -0.462 e. The maximum Gasteiger partial charge on any atom is 0.338 e. The van der Waals surface area contributed by atoms with Crippen molar-refractivity contribution in [2.75, 3.05) is 44.9 Å². The van der Waals surface area contributed by atoms with Crippen LogP contribution in [0.25, 0.3) is 0 Å². The summed E-state index contributed by atoms with van der Waals surface area (Å²) in [5, 5.41) is 2.59. The van der Waals surface area contributed by atoms with Crippen LogP contribution in [0.15, 0.2) is 42.5 Å². The largest absolute Gasteiger partial charge is 0.462 e. The SMILES string of the molecule is CCOC(=O)c1ccc(NC(=O)C(=O)N2CCN(Cc3ccc4c(c3)OCO4)CC2)cc1. The number of amides is 2. The van der Waals surface area contributed by atoms with Crippen LogP contribution < -0.4 is 14.8 Å². The first-order chi connectivity index (χ1) is 15.5. The molecule has 2 aliphatic rings. The van der Waals surface area contributed by atoms with Gasteiger partial charge in [0.1, 0.15) is 0 Å². The standard InChI is InChI=1S/C23H25N3O6/c1-2-30-23(29)17-4-6-18(7-5-17)24-21(27)22(28)26-11-9-25(10-12-26)14-16-3-8-19-20(13-16)32-15-31-19/h3-8,13H,2,9-12,14-15H2,1H3,(H,24,27). The number of hydrogen-bond acceptors (Lipinski definition) is 7. The predicted octanol–water partition coefficient (Wildman–Crippen LogP) is 1.87. The van der Waals surface area contributed by atoms with Crippen molar-refractivity contribution in [2.45, 2.75) is 13.5 Å². The lowest BCUT2D eigenvalue weighted by atomic mass is 10.1. The van der Waals surface area contributed by atoms with Gasteiger partial charge >= 0.3 is 17.8 Å². The molecule has 0 spiro atoms. The van der Waals surface area contributed by atoms with Gasteiger partial charge in [-0.2, -0.15) is 0 Å². The highest BCUT2D eigenvalue weighted by Crippen LogP contribution is 2.32. The lowest BCUT2D eigenvalue weighted by molar-refractivity contribution is -0.144. The van der Waals surface area contributed by atoms with Gasteiger partial charge in [-0.1, -0.05) is 6.07 Å². The van der Waals surface area contributed by atoms with Gasteiger partial charge in [0.15, 0.2) is 11.5 Å². The Bertz CT molecular complexity index is 999. The third kappa shape index (κ3) is 5.00. The Morgan fingerprint density at radius 2 is 1.69 bits per heavy atom. The van der Waals surface area contributed by atoms with E-state index in [1.807, 2.05) is 18.2 Å². The lowest BCUT2D eigenvalue weighted by Gasteiger charge is -2.34. The van der Waals surface area contributed by atoms with Gasteiger partial charge in [0.25, 0.3) is 0 Å². The summed E-state index contributed by atoms with van der Waals surface area (Å²) in [5.41, 5.74) is 1.94. The third-order valence-corrected chi connectivity index (χ3v) is 5.35. The van der Waals surface area contributed by atoms with Crippen LogP contribution in [0.4, 0.5) is 5.69 Å². The number of carbonyl (C=O) groups excluding carboxylic acids is 3. The number of ether oxygens (including phenoxy) is 3. The molecule has 0 unspecified atom stereocenters. The number of nitrogens with zero attached hydrogens (tertiary/aromatic N) is 2. The fraction of sp³-hybridized carbons (Fsp3) is 0.348. The first-order valence-corrected chi connectivity index (χ1v) is 10.5. The number of benzene rings is 2. The molecule has 2 aromatic rings. The number of anilines is 1. The molecule has 4 rings (SSSR count). The van der Waals surface area contributed by atoms with Gasteiger partial charge in [0.05, 0.1) is 12.2 Å². The zero-order valence-corrected chi connectivity index (χ0v) is 17.8. The summed E-state index contributed by atoms with van der Waals surface area (Å²) in [4.78, 5) is 40.4. The van der Waals surface area contributed by atoms with Crippen LogP contribution in [0.2, 0.25) is 0 Å². The molecule has 2 aromatic carbocycles. The second-order valence-electron chi connectivity index (χ2n) is 7.51. The topological polar surface area (TPSA) is 97.4 Å². The second-order valence-corrected chi connectivity index (χ2v) is 7.51. The molecule has 0 bridgehead atoms. The summed E-state index contributed by atoms with van der Waals surface area (Å²) in [6.07, 6.45) is 0. The van der Waals surface area contributed by atoms with Gasteiger partial charge in [0, 0.05) is 38.4 Å². The predicted molar refractivity (Wildman–Crippen MR) is 115 cm³/mol. The van der Waals surface area contributed by atoms with E-state index in [0.717, 1.165) is 23.6 Å². The van der Waals surface area contributed by atoms with Crippen molar-refractivity contribution in [2.24, 2.45) is 0 Å². The first-order valence-electron chi connectivity index (χ1n) is 10.5. The molecule has 0 atom stereocenters. The molecule has 0 aliphatic carbocycles. The molecule has 2 amide bonds. The Kier molecular flexibility index (Phi) is 6.55. The van der Waals surface area contributed by atoms with Gasteiger partial charge in [-0.05, 0) is 48.9 Å². The number of hydrogen-bond donors (Lipinski definition) is 1.